The molecule has 0 fully saturated rings. The van der Waals surface area contributed by atoms with Gasteiger partial charge in [-0.15, -0.1) is 0 Å². The third kappa shape index (κ3) is 3.73. The number of carbonyl (C=O) groups excluding carboxylic acids is 1. The minimum absolute atomic E-state index is 0.225. The largest absolute Gasteiger partial charge is 0.481 e. The van der Waals surface area contributed by atoms with Crippen molar-refractivity contribution in [3.8, 4) is 11.8 Å². The fourth-order valence-corrected chi connectivity index (χ4v) is 2.21. The van der Waals surface area contributed by atoms with Gasteiger partial charge in [0.05, 0.1) is 18.2 Å². The quantitative estimate of drug-likeness (QED) is 0.908. The summed E-state index contributed by atoms with van der Waals surface area (Å²) in [6, 6.07) is 8.67. The maximum absolute atomic E-state index is 11.8. The highest BCUT2D eigenvalue weighted by Crippen LogP contribution is 2.14. The molecule has 0 aliphatic carbocycles. The highest BCUT2D eigenvalue weighted by atomic mass is 32.2. The van der Waals surface area contributed by atoms with Gasteiger partial charge in [0.2, 0.25) is 0 Å². The predicted octanol–water partition coefficient (Wildman–Crippen LogP) is 1.54. The lowest BCUT2D eigenvalue weighted by Crippen LogP contribution is -2.38. The van der Waals surface area contributed by atoms with Crippen LogP contribution < -0.4 is 10.1 Å². The van der Waals surface area contributed by atoms with E-state index in [-0.39, 0.29) is 5.91 Å². The van der Waals surface area contributed by atoms with Crippen molar-refractivity contribution in [3.05, 3.63) is 29.8 Å². The van der Waals surface area contributed by atoms with Crippen molar-refractivity contribution in [1.82, 2.24) is 5.32 Å². The molecule has 0 unspecified atom stereocenters. The standard InChI is InChI=1S/C13H13N3O2S/c1-9(12(17)16-13-15-6-7-19-13)18-11-4-2-10(8-14)3-5-11/h2-5,9H,6-7H2,1H3,(H,15,16,17)/t9-/m0/s1. The third-order valence-electron chi connectivity index (χ3n) is 2.48. The summed E-state index contributed by atoms with van der Waals surface area (Å²) in [7, 11) is 0. The number of hydrogen-bond donors (Lipinski definition) is 1. The molecule has 1 N–H and O–H groups in total. The number of rotatable bonds is 3. The summed E-state index contributed by atoms with van der Waals surface area (Å²) in [5.74, 6) is 1.24. The molecule has 0 saturated carbocycles. The van der Waals surface area contributed by atoms with Gasteiger partial charge in [-0.25, -0.2) is 0 Å². The van der Waals surface area contributed by atoms with Crippen LogP contribution in [0.15, 0.2) is 29.3 Å². The van der Waals surface area contributed by atoms with E-state index in [4.69, 9.17) is 10.00 Å². The number of nitrogens with zero attached hydrogens (tertiary/aromatic N) is 2. The van der Waals surface area contributed by atoms with Crippen LogP contribution in [0.5, 0.6) is 5.75 Å². The molecule has 6 heteroatoms. The van der Waals surface area contributed by atoms with Crippen molar-refractivity contribution >= 4 is 22.8 Å². The number of benzene rings is 1. The first kappa shape index (κ1) is 13.4. The Morgan fingerprint density at radius 1 is 1.53 bits per heavy atom. The van der Waals surface area contributed by atoms with Crippen molar-refractivity contribution in [2.45, 2.75) is 13.0 Å². The van der Waals surface area contributed by atoms with Crippen LogP contribution in [0.2, 0.25) is 0 Å². The van der Waals surface area contributed by atoms with Crippen LogP contribution >= 0.6 is 11.8 Å². The maximum atomic E-state index is 11.8. The molecule has 2 rings (SSSR count). The Labute approximate surface area is 115 Å². The Morgan fingerprint density at radius 3 is 2.84 bits per heavy atom. The van der Waals surface area contributed by atoms with Gasteiger partial charge in [-0.2, -0.15) is 5.26 Å². The summed E-state index contributed by atoms with van der Waals surface area (Å²) in [6.45, 7) is 2.42. The zero-order chi connectivity index (χ0) is 13.7. The number of amidine groups is 1. The fraction of sp³-hybridized carbons (Fsp3) is 0.308. The molecule has 5 nitrogen and oxygen atoms in total. The molecule has 98 valence electrons. The van der Waals surface area contributed by atoms with E-state index in [1.807, 2.05) is 6.07 Å². The van der Waals surface area contributed by atoms with Crippen LogP contribution in [-0.4, -0.2) is 29.5 Å². The average Bonchev–Trinajstić information content (AvgIpc) is 2.92. The van der Waals surface area contributed by atoms with Crippen LogP contribution in [0.25, 0.3) is 0 Å². The van der Waals surface area contributed by atoms with Gasteiger partial charge in [-0.3, -0.25) is 9.79 Å². The maximum Gasteiger partial charge on any atom is 0.266 e. The highest BCUT2D eigenvalue weighted by Gasteiger charge is 2.18. The number of nitriles is 1. The summed E-state index contributed by atoms with van der Waals surface area (Å²) in [6.07, 6.45) is -0.614. The van der Waals surface area contributed by atoms with Crippen molar-refractivity contribution in [3.63, 3.8) is 0 Å². The minimum Gasteiger partial charge on any atom is -0.481 e. The van der Waals surface area contributed by atoms with Crippen LogP contribution in [0, 0.1) is 11.3 Å². The van der Waals surface area contributed by atoms with E-state index in [1.165, 1.54) is 11.8 Å². The lowest BCUT2D eigenvalue weighted by Gasteiger charge is -2.14. The van der Waals surface area contributed by atoms with Crippen molar-refractivity contribution in [1.29, 1.82) is 5.26 Å². The molecule has 0 saturated heterocycles. The van der Waals surface area contributed by atoms with Crippen LogP contribution in [0.3, 0.4) is 0 Å². The monoisotopic (exact) mass is 275 g/mol. The minimum atomic E-state index is -0.614. The van der Waals surface area contributed by atoms with E-state index in [9.17, 15) is 4.79 Å². The summed E-state index contributed by atoms with van der Waals surface area (Å²) in [4.78, 5) is 16.0. The average molecular weight is 275 g/mol. The smallest absolute Gasteiger partial charge is 0.266 e. The molecular weight excluding hydrogens is 262 g/mol. The Hall–Kier alpha value is -2.00. The number of ether oxygens (including phenoxy) is 1. The van der Waals surface area contributed by atoms with E-state index >= 15 is 0 Å². The Morgan fingerprint density at radius 2 is 2.26 bits per heavy atom. The zero-order valence-corrected chi connectivity index (χ0v) is 11.2. The van der Waals surface area contributed by atoms with Crippen molar-refractivity contribution in [2.24, 2.45) is 4.99 Å². The van der Waals surface area contributed by atoms with E-state index in [1.54, 1.807) is 31.2 Å². The Bertz CT molecular complexity index is 534. The third-order valence-corrected chi connectivity index (χ3v) is 3.37. The molecule has 0 radical (unpaired) electrons. The molecule has 0 bridgehead atoms. The molecular formula is C13H13N3O2S. The Kier molecular flexibility index (Phi) is 4.42. The SMILES string of the molecule is C[C@H](Oc1ccc(C#N)cc1)C(=O)NC1=NCCS1. The normalized spacial score (nSPS) is 15.3. The Balaban J connectivity index is 1.90. The van der Waals surface area contributed by atoms with E-state index in [0.717, 1.165) is 12.3 Å². The molecule has 1 aromatic rings. The van der Waals surface area contributed by atoms with E-state index < -0.39 is 6.10 Å². The summed E-state index contributed by atoms with van der Waals surface area (Å²) in [5.41, 5.74) is 0.557. The van der Waals surface area contributed by atoms with Crippen molar-refractivity contribution in [2.75, 3.05) is 12.3 Å². The number of carbonyl (C=O) groups is 1. The van der Waals surface area contributed by atoms with Gasteiger partial charge >= 0.3 is 0 Å². The first-order valence-electron chi connectivity index (χ1n) is 5.84. The molecule has 1 heterocycles. The first-order chi connectivity index (χ1) is 9.19. The topological polar surface area (TPSA) is 74.5 Å². The second kappa shape index (κ2) is 6.25. The summed E-state index contributed by atoms with van der Waals surface area (Å²) >= 11 is 1.53. The lowest BCUT2D eigenvalue weighted by molar-refractivity contribution is -0.125. The van der Waals surface area contributed by atoms with Crippen molar-refractivity contribution < 1.29 is 9.53 Å². The van der Waals surface area contributed by atoms with Gasteiger partial charge in [-0.1, -0.05) is 11.8 Å². The number of aliphatic imine (C=N–C) groups is 1. The molecule has 19 heavy (non-hydrogen) atoms. The van der Waals surface area contributed by atoms with Gasteiger partial charge in [0.1, 0.15) is 5.75 Å². The molecule has 1 amide bonds. The van der Waals surface area contributed by atoms with Gasteiger partial charge < -0.3 is 10.1 Å². The molecule has 0 aromatic heterocycles. The molecule has 1 aliphatic heterocycles. The first-order valence-corrected chi connectivity index (χ1v) is 6.82. The van der Waals surface area contributed by atoms with Gasteiger partial charge in [0.25, 0.3) is 5.91 Å². The second-order valence-electron chi connectivity index (χ2n) is 3.92. The van der Waals surface area contributed by atoms with Gasteiger partial charge in [0, 0.05) is 5.75 Å². The second-order valence-corrected chi connectivity index (χ2v) is 5.00. The lowest BCUT2D eigenvalue weighted by atomic mass is 10.2. The summed E-state index contributed by atoms with van der Waals surface area (Å²) < 4.78 is 5.50. The van der Waals surface area contributed by atoms with E-state index in [0.29, 0.717) is 16.5 Å². The summed E-state index contributed by atoms with van der Waals surface area (Å²) in [5, 5.41) is 12.1. The predicted molar refractivity (Wildman–Crippen MR) is 74.1 cm³/mol. The molecule has 1 aliphatic rings. The van der Waals surface area contributed by atoms with Gasteiger partial charge in [-0.05, 0) is 31.2 Å². The number of hydrogen-bond acceptors (Lipinski definition) is 5. The zero-order valence-electron chi connectivity index (χ0n) is 10.4. The molecule has 1 atom stereocenters. The van der Waals surface area contributed by atoms with Crippen LogP contribution in [-0.2, 0) is 4.79 Å². The highest BCUT2D eigenvalue weighted by molar-refractivity contribution is 8.14. The number of nitrogens with one attached hydrogen (secondary N) is 1. The van der Waals surface area contributed by atoms with Crippen LogP contribution in [0.1, 0.15) is 12.5 Å². The molecule has 1 aromatic carbocycles. The number of thioether (sulfide) groups is 1. The molecule has 0 spiro atoms. The van der Waals surface area contributed by atoms with Crippen LogP contribution in [0.4, 0.5) is 0 Å². The number of amides is 1. The van der Waals surface area contributed by atoms with E-state index in [2.05, 4.69) is 10.3 Å². The fourth-order valence-electron chi connectivity index (χ4n) is 1.48. The van der Waals surface area contributed by atoms with Gasteiger partial charge in [0.15, 0.2) is 11.3 Å².